The van der Waals surface area contributed by atoms with Gasteiger partial charge in [-0.2, -0.15) is 13.2 Å². The van der Waals surface area contributed by atoms with Crippen molar-refractivity contribution in [3.05, 3.63) is 39.9 Å². The van der Waals surface area contributed by atoms with Crippen LogP contribution in [0.3, 0.4) is 0 Å². The summed E-state index contributed by atoms with van der Waals surface area (Å²) in [5.74, 6) is 0.249. The predicted octanol–water partition coefficient (Wildman–Crippen LogP) is 2.26. The van der Waals surface area contributed by atoms with Gasteiger partial charge in [-0.05, 0) is 19.1 Å². The van der Waals surface area contributed by atoms with E-state index in [-0.39, 0.29) is 16.7 Å². The third-order valence-corrected chi connectivity index (χ3v) is 2.64. The van der Waals surface area contributed by atoms with E-state index in [1.807, 2.05) is 0 Å². The van der Waals surface area contributed by atoms with E-state index < -0.39 is 17.3 Å². The van der Waals surface area contributed by atoms with Gasteiger partial charge in [-0.3, -0.25) is 9.36 Å². The van der Waals surface area contributed by atoms with E-state index in [1.54, 1.807) is 0 Å². The predicted molar refractivity (Wildman–Crippen MR) is 56.7 cm³/mol. The standard InChI is InChI=1S/C11H9F3N2O/c1-6-15-9-7(10(17)16(6)2)4-3-5-8(9)11(12,13)14/h3-5H,1-2H3. The van der Waals surface area contributed by atoms with E-state index in [0.29, 0.717) is 0 Å². The van der Waals surface area contributed by atoms with Crippen molar-refractivity contribution >= 4 is 10.9 Å². The van der Waals surface area contributed by atoms with Crippen LogP contribution in [-0.4, -0.2) is 9.55 Å². The Kier molecular flexibility index (Phi) is 2.45. The summed E-state index contributed by atoms with van der Waals surface area (Å²) in [5, 5.41) is -0.0204. The molecule has 1 heterocycles. The van der Waals surface area contributed by atoms with Crippen LogP contribution < -0.4 is 5.56 Å². The highest BCUT2D eigenvalue weighted by Gasteiger charge is 2.33. The molecule has 0 N–H and O–H groups in total. The number of para-hydroxylation sites is 1. The molecule has 0 spiro atoms. The van der Waals surface area contributed by atoms with Crippen LogP contribution in [0.2, 0.25) is 0 Å². The summed E-state index contributed by atoms with van der Waals surface area (Å²) in [5.41, 5.74) is -1.64. The third-order valence-electron chi connectivity index (χ3n) is 2.64. The first-order valence-electron chi connectivity index (χ1n) is 4.86. The summed E-state index contributed by atoms with van der Waals surface area (Å²) in [6.07, 6.45) is -4.51. The van der Waals surface area contributed by atoms with Crippen LogP contribution >= 0.6 is 0 Å². The molecule has 17 heavy (non-hydrogen) atoms. The monoisotopic (exact) mass is 242 g/mol. The molecule has 0 fully saturated rings. The van der Waals surface area contributed by atoms with Crippen molar-refractivity contribution in [2.75, 3.05) is 0 Å². The number of nitrogens with zero attached hydrogens (tertiary/aromatic N) is 2. The normalized spacial score (nSPS) is 12.1. The molecule has 0 amide bonds. The van der Waals surface area contributed by atoms with Crippen LogP contribution in [0.1, 0.15) is 11.4 Å². The van der Waals surface area contributed by atoms with Crippen LogP contribution in [-0.2, 0) is 13.2 Å². The molecule has 0 unspecified atom stereocenters. The van der Waals surface area contributed by atoms with E-state index in [4.69, 9.17) is 0 Å². The van der Waals surface area contributed by atoms with Crippen molar-refractivity contribution in [1.29, 1.82) is 0 Å². The summed E-state index contributed by atoms with van der Waals surface area (Å²) in [6, 6.07) is 3.48. The van der Waals surface area contributed by atoms with Crippen molar-refractivity contribution in [3.63, 3.8) is 0 Å². The molecule has 3 nitrogen and oxygen atoms in total. The summed E-state index contributed by atoms with van der Waals surface area (Å²) in [4.78, 5) is 15.6. The molecule has 0 saturated carbocycles. The Morgan fingerprint density at radius 3 is 2.53 bits per heavy atom. The molecule has 2 rings (SSSR count). The zero-order chi connectivity index (χ0) is 12.8. The van der Waals surface area contributed by atoms with E-state index in [1.165, 1.54) is 30.7 Å². The lowest BCUT2D eigenvalue weighted by Crippen LogP contribution is -2.22. The van der Waals surface area contributed by atoms with Gasteiger partial charge in [-0.15, -0.1) is 0 Å². The van der Waals surface area contributed by atoms with Crippen LogP contribution in [0.15, 0.2) is 23.0 Å². The van der Waals surface area contributed by atoms with Crippen molar-refractivity contribution in [2.45, 2.75) is 13.1 Å². The van der Waals surface area contributed by atoms with Gasteiger partial charge in [0, 0.05) is 7.05 Å². The molecule has 0 bridgehead atoms. The minimum Gasteiger partial charge on any atom is -0.299 e. The van der Waals surface area contributed by atoms with Crippen LogP contribution in [0.5, 0.6) is 0 Å². The van der Waals surface area contributed by atoms with Gasteiger partial charge in [0.05, 0.1) is 16.5 Å². The number of fused-ring (bicyclic) bond motifs is 1. The maximum atomic E-state index is 12.7. The van der Waals surface area contributed by atoms with Gasteiger partial charge in [0.15, 0.2) is 0 Å². The summed E-state index contributed by atoms with van der Waals surface area (Å²) < 4.78 is 39.4. The lowest BCUT2D eigenvalue weighted by molar-refractivity contribution is -0.136. The van der Waals surface area contributed by atoms with Crippen LogP contribution in [0.25, 0.3) is 10.9 Å². The Hall–Kier alpha value is -1.85. The van der Waals surface area contributed by atoms with Crippen LogP contribution in [0, 0.1) is 6.92 Å². The number of benzene rings is 1. The molecule has 0 aliphatic rings. The van der Waals surface area contributed by atoms with Gasteiger partial charge in [0.1, 0.15) is 5.82 Å². The van der Waals surface area contributed by atoms with Crippen molar-refractivity contribution < 1.29 is 13.2 Å². The largest absolute Gasteiger partial charge is 0.418 e. The van der Waals surface area contributed by atoms with Gasteiger partial charge < -0.3 is 0 Å². The van der Waals surface area contributed by atoms with Gasteiger partial charge >= 0.3 is 6.18 Å². The SMILES string of the molecule is Cc1nc2c(C(F)(F)F)cccc2c(=O)n1C. The Labute approximate surface area is 94.5 Å². The Morgan fingerprint density at radius 2 is 1.94 bits per heavy atom. The fourth-order valence-corrected chi connectivity index (χ4v) is 1.63. The van der Waals surface area contributed by atoms with Gasteiger partial charge in [0.25, 0.3) is 5.56 Å². The summed E-state index contributed by atoms with van der Waals surface area (Å²) >= 11 is 0. The van der Waals surface area contributed by atoms with E-state index >= 15 is 0 Å². The minimum absolute atomic E-state index is 0.0204. The molecule has 0 aliphatic carbocycles. The highest BCUT2D eigenvalue weighted by atomic mass is 19.4. The first kappa shape index (κ1) is 11.6. The Morgan fingerprint density at radius 1 is 1.29 bits per heavy atom. The molecule has 1 aromatic carbocycles. The Balaban J connectivity index is 2.97. The topological polar surface area (TPSA) is 34.9 Å². The number of aryl methyl sites for hydroxylation is 1. The van der Waals surface area contributed by atoms with Gasteiger partial charge in [-0.1, -0.05) is 6.07 Å². The average Bonchev–Trinajstić information content (AvgIpc) is 2.24. The molecular formula is C11H9F3N2O. The molecule has 0 saturated heterocycles. The second kappa shape index (κ2) is 3.58. The highest BCUT2D eigenvalue weighted by Crippen LogP contribution is 2.32. The third kappa shape index (κ3) is 1.79. The molecular weight excluding hydrogens is 233 g/mol. The molecule has 0 atom stereocenters. The van der Waals surface area contributed by atoms with E-state index in [2.05, 4.69) is 4.98 Å². The van der Waals surface area contributed by atoms with Crippen molar-refractivity contribution in [3.8, 4) is 0 Å². The fourth-order valence-electron chi connectivity index (χ4n) is 1.63. The van der Waals surface area contributed by atoms with Gasteiger partial charge in [0.2, 0.25) is 0 Å². The number of hydrogen-bond acceptors (Lipinski definition) is 2. The lowest BCUT2D eigenvalue weighted by atomic mass is 10.1. The molecule has 90 valence electrons. The van der Waals surface area contributed by atoms with Crippen LogP contribution in [0.4, 0.5) is 13.2 Å². The summed E-state index contributed by atoms with van der Waals surface area (Å²) in [6.45, 7) is 1.49. The van der Waals surface area contributed by atoms with Gasteiger partial charge in [-0.25, -0.2) is 4.98 Å². The zero-order valence-corrected chi connectivity index (χ0v) is 9.17. The molecule has 6 heteroatoms. The fraction of sp³-hybridized carbons (Fsp3) is 0.273. The second-order valence-corrected chi connectivity index (χ2v) is 3.72. The zero-order valence-electron chi connectivity index (χ0n) is 9.17. The quantitative estimate of drug-likeness (QED) is 0.710. The lowest BCUT2D eigenvalue weighted by Gasteiger charge is -2.11. The number of halogens is 3. The minimum atomic E-state index is -4.51. The number of aromatic nitrogens is 2. The van der Waals surface area contributed by atoms with Crippen molar-refractivity contribution in [2.24, 2.45) is 7.05 Å². The maximum absolute atomic E-state index is 12.7. The number of hydrogen-bond donors (Lipinski definition) is 0. The molecule has 0 radical (unpaired) electrons. The molecule has 0 aliphatic heterocycles. The molecule has 1 aromatic heterocycles. The number of alkyl halides is 3. The first-order valence-corrected chi connectivity index (χ1v) is 4.86. The highest BCUT2D eigenvalue weighted by molar-refractivity contribution is 5.81. The second-order valence-electron chi connectivity index (χ2n) is 3.72. The Bertz CT molecular complexity index is 643. The molecule has 2 aromatic rings. The van der Waals surface area contributed by atoms with Crippen molar-refractivity contribution in [1.82, 2.24) is 9.55 Å². The smallest absolute Gasteiger partial charge is 0.299 e. The van der Waals surface area contributed by atoms with E-state index in [0.717, 1.165) is 6.07 Å². The number of rotatable bonds is 0. The first-order chi connectivity index (χ1) is 7.82. The van der Waals surface area contributed by atoms with E-state index in [9.17, 15) is 18.0 Å². The maximum Gasteiger partial charge on any atom is 0.418 e. The summed E-state index contributed by atoms with van der Waals surface area (Å²) in [7, 11) is 1.48. The average molecular weight is 242 g/mol.